The summed E-state index contributed by atoms with van der Waals surface area (Å²) in [4.78, 5) is 12.0. The average molecular weight is 294 g/mol. The van der Waals surface area contributed by atoms with Gasteiger partial charge in [-0.05, 0) is 36.4 Å². The number of hydrogen-bond donors (Lipinski definition) is 1. The number of anilines is 1. The Kier molecular flexibility index (Phi) is 4.83. The molecule has 0 aliphatic heterocycles. The van der Waals surface area contributed by atoms with Crippen LogP contribution in [0.4, 0.5) is 5.69 Å². The third-order valence-electron chi connectivity index (χ3n) is 2.70. The Hall–Kier alpha value is -1.51. The Balaban J connectivity index is 1.88. The maximum atomic E-state index is 12.0. The quantitative estimate of drug-likeness (QED) is 0.811. The monoisotopic (exact) mass is 293 g/mol. The predicted molar refractivity (Wildman–Crippen MR) is 80.3 cm³/mol. The summed E-state index contributed by atoms with van der Waals surface area (Å²) in [5, 5.41) is 4.36. The van der Waals surface area contributed by atoms with Crippen molar-refractivity contribution in [2.24, 2.45) is 0 Å². The van der Waals surface area contributed by atoms with E-state index < -0.39 is 0 Å². The second-order valence-corrected chi connectivity index (χ2v) is 4.93. The molecule has 0 spiro atoms. The van der Waals surface area contributed by atoms with Gasteiger partial charge in [0.15, 0.2) is 5.78 Å². The molecule has 2 aromatic rings. The fourth-order valence-electron chi connectivity index (χ4n) is 1.71. The fraction of sp³-hybridized carbons (Fsp3) is 0.133. The molecule has 0 aromatic heterocycles. The molecule has 0 fully saturated rings. The summed E-state index contributed by atoms with van der Waals surface area (Å²) in [6, 6.07) is 14.5. The van der Waals surface area contributed by atoms with Gasteiger partial charge in [0.2, 0.25) is 0 Å². The van der Waals surface area contributed by atoms with Crippen molar-refractivity contribution in [2.75, 3.05) is 11.9 Å². The van der Waals surface area contributed by atoms with E-state index in [4.69, 9.17) is 23.2 Å². The Labute approximate surface area is 122 Å². The van der Waals surface area contributed by atoms with Gasteiger partial charge in [-0.15, -0.1) is 0 Å². The summed E-state index contributed by atoms with van der Waals surface area (Å²) in [5.41, 5.74) is 1.51. The van der Waals surface area contributed by atoms with Gasteiger partial charge in [0.25, 0.3) is 0 Å². The highest BCUT2D eigenvalue weighted by atomic mass is 35.5. The molecule has 0 bridgehead atoms. The molecule has 98 valence electrons. The summed E-state index contributed by atoms with van der Waals surface area (Å²) >= 11 is 11.8. The molecule has 1 N–H and O–H groups in total. The Bertz CT molecular complexity index is 567. The molecule has 0 heterocycles. The van der Waals surface area contributed by atoms with Gasteiger partial charge in [-0.2, -0.15) is 0 Å². The number of carbonyl (C=O) groups is 1. The minimum absolute atomic E-state index is 0.0343. The van der Waals surface area contributed by atoms with Crippen LogP contribution < -0.4 is 5.32 Å². The van der Waals surface area contributed by atoms with E-state index in [9.17, 15) is 4.79 Å². The van der Waals surface area contributed by atoms with Gasteiger partial charge in [-0.25, -0.2) is 0 Å². The summed E-state index contributed by atoms with van der Waals surface area (Å²) in [7, 11) is 0. The first kappa shape index (κ1) is 13.9. The summed E-state index contributed by atoms with van der Waals surface area (Å²) in [5.74, 6) is 0.0343. The molecule has 4 heteroatoms. The van der Waals surface area contributed by atoms with Crippen molar-refractivity contribution >= 4 is 34.7 Å². The summed E-state index contributed by atoms with van der Waals surface area (Å²) in [6.45, 7) is 0.561. The van der Waals surface area contributed by atoms with Crippen LogP contribution in [0.5, 0.6) is 0 Å². The van der Waals surface area contributed by atoms with E-state index in [0.717, 1.165) is 5.69 Å². The maximum Gasteiger partial charge on any atom is 0.166 e. The molecule has 2 nitrogen and oxygen atoms in total. The van der Waals surface area contributed by atoms with E-state index in [1.165, 1.54) is 0 Å². The highest BCUT2D eigenvalue weighted by Crippen LogP contribution is 2.17. The van der Waals surface area contributed by atoms with Crippen LogP contribution in [-0.2, 0) is 0 Å². The van der Waals surface area contributed by atoms with Crippen molar-refractivity contribution in [3.05, 3.63) is 64.1 Å². The summed E-state index contributed by atoms with van der Waals surface area (Å²) in [6.07, 6.45) is 0.395. The SMILES string of the molecule is O=C(CCNc1ccc(Cl)cc1)c1ccccc1Cl. The topological polar surface area (TPSA) is 29.1 Å². The minimum atomic E-state index is 0.0343. The van der Waals surface area contributed by atoms with E-state index in [1.54, 1.807) is 24.3 Å². The first-order valence-electron chi connectivity index (χ1n) is 5.94. The van der Waals surface area contributed by atoms with Crippen molar-refractivity contribution < 1.29 is 4.79 Å². The van der Waals surface area contributed by atoms with Gasteiger partial charge < -0.3 is 5.32 Å². The average Bonchev–Trinajstić information content (AvgIpc) is 2.41. The molecule has 0 saturated heterocycles. The van der Waals surface area contributed by atoms with Gasteiger partial charge in [0.1, 0.15) is 0 Å². The Morgan fingerprint density at radius 1 is 1.00 bits per heavy atom. The smallest absolute Gasteiger partial charge is 0.166 e. The highest BCUT2D eigenvalue weighted by Gasteiger charge is 2.08. The van der Waals surface area contributed by atoms with Crippen LogP contribution in [0.1, 0.15) is 16.8 Å². The molecule has 0 aliphatic rings. The Morgan fingerprint density at radius 3 is 2.37 bits per heavy atom. The predicted octanol–water partition coefficient (Wildman–Crippen LogP) is 4.68. The van der Waals surface area contributed by atoms with Crippen molar-refractivity contribution in [3.63, 3.8) is 0 Å². The van der Waals surface area contributed by atoms with Crippen molar-refractivity contribution in [1.82, 2.24) is 0 Å². The van der Waals surface area contributed by atoms with Crippen LogP contribution in [0.25, 0.3) is 0 Å². The molecule has 0 amide bonds. The van der Waals surface area contributed by atoms with E-state index in [-0.39, 0.29) is 5.78 Å². The van der Waals surface area contributed by atoms with Crippen molar-refractivity contribution in [2.45, 2.75) is 6.42 Å². The Morgan fingerprint density at radius 2 is 1.68 bits per heavy atom. The molecule has 0 radical (unpaired) electrons. The second kappa shape index (κ2) is 6.60. The summed E-state index contributed by atoms with van der Waals surface area (Å²) < 4.78 is 0. The van der Waals surface area contributed by atoms with Crippen LogP contribution in [-0.4, -0.2) is 12.3 Å². The number of nitrogens with one attached hydrogen (secondary N) is 1. The first-order chi connectivity index (χ1) is 9.16. The maximum absolute atomic E-state index is 12.0. The lowest BCUT2D eigenvalue weighted by Crippen LogP contribution is -2.09. The highest BCUT2D eigenvalue weighted by molar-refractivity contribution is 6.34. The molecule has 19 heavy (non-hydrogen) atoms. The molecule has 0 atom stereocenters. The van der Waals surface area contributed by atoms with Crippen LogP contribution in [0.2, 0.25) is 10.0 Å². The zero-order chi connectivity index (χ0) is 13.7. The molecular weight excluding hydrogens is 281 g/mol. The normalized spacial score (nSPS) is 10.2. The number of benzene rings is 2. The fourth-order valence-corrected chi connectivity index (χ4v) is 2.08. The lowest BCUT2D eigenvalue weighted by Gasteiger charge is -2.06. The zero-order valence-corrected chi connectivity index (χ0v) is 11.7. The van der Waals surface area contributed by atoms with Crippen LogP contribution in [0.3, 0.4) is 0 Å². The first-order valence-corrected chi connectivity index (χ1v) is 6.69. The van der Waals surface area contributed by atoms with Crippen LogP contribution in [0.15, 0.2) is 48.5 Å². The van der Waals surface area contributed by atoms with Crippen molar-refractivity contribution in [1.29, 1.82) is 0 Å². The molecule has 0 saturated carbocycles. The molecule has 2 aromatic carbocycles. The molecule has 0 aliphatic carbocycles. The van der Waals surface area contributed by atoms with Gasteiger partial charge in [-0.1, -0.05) is 35.3 Å². The number of hydrogen-bond acceptors (Lipinski definition) is 2. The van der Waals surface area contributed by atoms with E-state index in [2.05, 4.69) is 5.32 Å². The number of halogens is 2. The van der Waals surface area contributed by atoms with Crippen LogP contribution >= 0.6 is 23.2 Å². The van der Waals surface area contributed by atoms with Gasteiger partial charge in [0, 0.05) is 29.2 Å². The minimum Gasteiger partial charge on any atom is -0.385 e. The second-order valence-electron chi connectivity index (χ2n) is 4.09. The number of carbonyl (C=O) groups excluding carboxylic acids is 1. The van der Waals surface area contributed by atoms with E-state index in [0.29, 0.717) is 28.6 Å². The lowest BCUT2D eigenvalue weighted by atomic mass is 10.1. The van der Waals surface area contributed by atoms with Crippen molar-refractivity contribution in [3.8, 4) is 0 Å². The lowest BCUT2D eigenvalue weighted by molar-refractivity contribution is 0.0986. The zero-order valence-electron chi connectivity index (χ0n) is 10.2. The molecule has 0 unspecified atom stereocenters. The largest absolute Gasteiger partial charge is 0.385 e. The standard InChI is InChI=1S/C15H13Cl2NO/c16-11-5-7-12(8-6-11)18-10-9-15(19)13-3-1-2-4-14(13)17/h1-8,18H,9-10H2. The van der Waals surface area contributed by atoms with E-state index in [1.807, 2.05) is 24.3 Å². The molecule has 2 rings (SSSR count). The molecular formula is C15H13Cl2NO. The van der Waals surface area contributed by atoms with Gasteiger partial charge in [0.05, 0.1) is 5.02 Å². The van der Waals surface area contributed by atoms with Gasteiger partial charge >= 0.3 is 0 Å². The van der Waals surface area contributed by atoms with E-state index >= 15 is 0 Å². The third-order valence-corrected chi connectivity index (χ3v) is 3.28. The van der Waals surface area contributed by atoms with Gasteiger partial charge in [-0.3, -0.25) is 4.79 Å². The number of ketones is 1. The number of rotatable bonds is 5. The third kappa shape index (κ3) is 3.98. The number of Topliss-reactive ketones (excluding diaryl/α,β-unsaturated/α-hetero) is 1. The van der Waals surface area contributed by atoms with Crippen LogP contribution in [0, 0.1) is 0 Å².